The van der Waals surface area contributed by atoms with Crippen LogP contribution in [0.5, 0.6) is 5.75 Å². The van der Waals surface area contributed by atoms with Crippen LogP contribution in [0.15, 0.2) is 70.7 Å². The molecule has 6 heteroatoms. The summed E-state index contributed by atoms with van der Waals surface area (Å²) < 4.78 is 9.16. The van der Waals surface area contributed by atoms with Gasteiger partial charge in [0.1, 0.15) is 16.8 Å². The summed E-state index contributed by atoms with van der Waals surface area (Å²) in [5.74, 6) is 1.57. The zero-order valence-electron chi connectivity index (χ0n) is 17.0. The third-order valence-electron chi connectivity index (χ3n) is 5.49. The fourth-order valence-electron chi connectivity index (χ4n) is 3.83. The summed E-state index contributed by atoms with van der Waals surface area (Å²) in [5.41, 5.74) is 4.72. The van der Waals surface area contributed by atoms with E-state index >= 15 is 0 Å². The minimum absolute atomic E-state index is 0.0559. The van der Waals surface area contributed by atoms with E-state index in [1.165, 1.54) is 0 Å². The molecule has 0 amide bonds. The van der Waals surface area contributed by atoms with Gasteiger partial charge in [-0.2, -0.15) is 0 Å². The number of nitrogens with zero attached hydrogens (tertiary/aromatic N) is 3. The number of benzene rings is 2. The summed E-state index contributed by atoms with van der Waals surface area (Å²) in [6.45, 7) is 0. The molecule has 5 rings (SSSR count). The van der Waals surface area contributed by atoms with Gasteiger partial charge < -0.3 is 9.30 Å². The topological polar surface area (TPSA) is 49.1 Å². The summed E-state index contributed by atoms with van der Waals surface area (Å²) in [6, 6.07) is 18.4. The van der Waals surface area contributed by atoms with E-state index in [0.717, 1.165) is 51.7 Å². The first-order chi connectivity index (χ1) is 14.7. The Morgan fingerprint density at radius 3 is 2.67 bits per heavy atom. The molecule has 0 saturated heterocycles. The lowest BCUT2D eigenvalue weighted by atomic mass is 10.1. The number of aromatic nitrogens is 3. The Kier molecular flexibility index (Phi) is 4.87. The molecule has 1 aliphatic carbocycles. The third-order valence-corrected chi connectivity index (χ3v) is 6.51. The molecule has 0 unspecified atom stereocenters. The smallest absolute Gasteiger partial charge is 0.278 e. The quantitative estimate of drug-likeness (QED) is 0.326. The lowest BCUT2D eigenvalue weighted by Crippen LogP contribution is -2.23. The molecule has 0 atom stereocenters. The summed E-state index contributed by atoms with van der Waals surface area (Å²) >= 11 is 1.62. The van der Waals surface area contributed by atoms with Gasteiger partial charge in [0, 0.05) is 30.6 Å². The Bertz CT molecular complexity index is 1270. The fraction of sp³-hybridized carbons (Fsp3) is 0.250. The second kappa shape index (κ2) is 7.69. The van der Waals surface area contributed by atoms with Crippen LogP contribution >= 0.6 is 11.8 Å². The van der Waals surface area contributed by atoms with Crippen LogP contribution in [-0.2, 0) is 12.8 Å². The van der Waals surface area contributed by atoms with Crippen LogP contribution in [0.2, 0.25) is 0 Å². The Morgan fingerprint density at radius 2 is 1.93 bits per heavy atom. The Labute approximate surface area is 179 Å². The van der Waals surface area contributed by atoms with E-state index in [4.69, 9.17) is 9.72 Å². The van der Waals surface area contributed by atoms with Gasteiger partial charge in [0.25, 0.3) is 5.56 Å². The number of thioether (sulfide) groups is 1. The van der Waals surface area contributed by atoms with E-state index in [-0.39, 0.29) is 11.6 Å². The number of methoxy groups -OCH3 is 1. The van der Waals surface area contributed by atoms with Crippen molar-refractivity contribution in [3.63, 3.8) is 0 Å². The Balaban J connectivity index is 1.61. The number of hydrogen-bond acceptors (Lipinski definition) is 4. The molecule has 30 heavy (non-hydrogen) atoms. The number of aryl methyl sites for hydroxylation is 1. The lowest BCUT2D eigenvalue weighted by Gasteiger charge is -2.12. The first-order valence-corrected chi connectivity index (χ1v) is 11.1. The molecule has 0 aliphatic heterocycles. The predicted octanol–water partition coefficient (Wildman–Crippen LogP) is 5.04. The van der Waals surface area contributed by atoms with Crippen LogP contribution < -0.4 is 10.3 Å². The van der Waals surface area contributed by atoms with Gasteiger partial charge in [0.05, 0.1) is 7.11 Å². The summed E-state index contributed by atoms with van der Waals surface area (Å²) in [5, 5.41) is 0.793. The summed E-state index contributed by atoms with van der Waals surface area (Å²) in [4.78, 5) is 18.5. The van der Waals surface area contributed by atoms with Crippen molar-refractivity contribution >= 4 is 22.8 Å². The molecule has 0 radical (unpaired) electrons. The van der Waals surface area contributed by atoms with Gasteiger partial charge >= 0.3 is 0 Å². The van der Waals surface area contributed by atoms with E-state index in [9.17, 15) is 4.79 Å². The Morgan fingerprint density at radius 1 is 1.13 bits per heavy atom. The number of hydrogen-bond donors (Lipinski definition) is 0. The molecule has 5 nitrogen and oxygen atoms in total. The van der Waals surface area contributed by atoms with E-state index < -0.39 is 0 Å². The third kappa shape index (κ3) is 3.41. The van der Waals surface area contributed by atoms with Crippen molar-refractivity contribution < 1.29 is 4.74 Å². The molecule has 1 fully saturated rings. The van der Waals surface area contributed by atoms with Crippen molar-refractivity contribution in [2.75, 3.05) is 7.11 Å². The summed E-state index contributed by atoms with van der Waals surface area (Å²) in [7, 11) is 3.60. The molecule has 152 valence electrons. The Hall–Kier alpha value is -2.99. The lowest BCUT2D eigenvalue weighted by molar-refractivity contribution is 0.414. The van der Waals surface area contributed by atoms with Crippen LogP contribution in [0.3, 0.4) is 0 Å². The van der Waals surface area contributed by atoms with E-state index in [0.29, 0.717) is 5.52 Å². The first kappa shape index (κ1) is 19.0. The SMILES string of the molecule is COc1cccc(CSc2nc3c(-c4ccccc4)cn(C)c3c(=O)n2C2CC2)c1. The van der Waals surface area contributed by atoms with Crippen molar-refractivity contribution in [3.05, 3.63) is 76.7 Å². The van der Waals surface area contributed by atoms with Gasteiger partial charge in [-0.05, 0) is 36.1 Å². The largest absolute Gasteiger partial charge is 0.497 e. The second-order valence-electron chi connectivity index (χ2n) is 7.66. The highest BCUT2D eigenvalue weighted by molar-refractivity contribution is 7.98. The molecular weight excluding hydrogens is 394 g/mol. The molecule has 1 aliphatic rings. The minimum atomic E-state index is 0.0559. The zero-order chi connectivity index (χ0) is 20.7. The zero-order valence-corrected chi connectivity index (χ0v) is 17.9. The summed E-state index contributed by atoms with van der Waals surface area (Å²) in [6.07, 6.45) is 4.09. The number of fused-ring (bicyclic) bond motifs is 1. The van der Waals surface area contributed by atoms with Gasteiger partial charge in [0.15, 0.2) is 5.16 Å². The molecule has 0 spiro atoms. The number of ether oxygens (including phenoxy) is 1. The molecule has 0 N–H and O–H groups in total. The fourth-order valence-corrected chi connectivity index (χ4v) is 4.83. The van der Waals surface area contributed by atoms with Crippen molar-refractivity contribution in [2.24, 2.45) is 7.05 Å². The highest BCUT2D eigenvalue weighted by Gasteiger charge is 2.30. The minimum Gasteiger partial charge on any atom is -0.497 e. The molecule has 2 aromatic carbocycles. The van der Waals surface area contributed by atoms with E-state index in [2.05, 4.69) is 18.2 Å². The monoisotopic (exact) mass is 417 g/mol. The van der Waals surface area contributed by atoms with Gasteiger partial charge in [0.2, 0.25) is 0 Å². The molecular formula is C24H23N3O2S. The number of rotatable bonds is 6. The molecule has 4 aromatic rings. The van der Waals surface area contributed by atoms with Crippen molar-refractivity contribution in [2.45, 2.75) is 29.8 Å². The van der Waals surface area contributed by atoms with Crippen LogP contribution in [0.4, 0.5) is 0 Å². The average molecular weight is 418 g/mol. The van der Waals surface area contributed by atoms with Crippen molar-refractivity contribution in [3.8, 4) is 16.9 Å². The molecule has 1 saturated carbocycles. The second-order valence-corrected chi connectivity index (χ2v) is 8.60. The maximum Gasteiger partial charge on any atom is 0.278 e. The van der Waals surface area contributed by atoms with Crippen molar-refractivity contribution in [1.82, 2.24) is 14.1 Å². The van der Waals surface area contributed by atoms with Gasteiger partial charge in [-0.1, -0.05) is 54.2 Å². The standard InChI is InChI=1S/C24H23N3O2S/c1-26-14-20(17-8-4-3-5-9-17)21-22(26)23(28)27(18-11-12-18)24(25-21)30-15-16-7-6-10-19(13-16)29-2/h3-10,13-14,18H,11-12,15H2,1-2H3. The predicted molar refractivity (Wildman–Crippen MR) is 121 cm³/mol. The van der Waals surface area contributed by atoms with Gasteiger partial charge in [-0.3, -0.25) is 9.36 Å². The molecule has 0 bridgehead atoms. The normalized spacial score (nSPS) is 13.7. The van der Waals surface area contributed by atoms with Crippen LogP contribution in [-0.4, -0.2) is 21.2 Å². The maximum atomic E-state index is 13.5. The van der Waals surface area contributed by atoms with Crippen LogP contribution in [0.1, 0.15) is 24.4 Å². The molecule has 2 heterocycles. The van der Waals surface area contributed by atoms with E-state index in [1.807, 2.05) is 58.8 Å². The van der Waals surface area contributed by atoms with Crippen LogP contribution in [0, 0.1) is 0 Å². The first-order valence-electron chi connectivity index (χ1n) is 10.1. The van der Waals surface area contributed by atoms with Gasteiger partial charge in [-0.25, -0.2) is 4.98 Å². The van der Waals surface area contributed by atoms with Crippen molar-refractivity contribution in [1.29, 1.82) is 0 Å². The highest BCUT2D eigenvalue weighted by Crippen LogP contribution is 2.38. The maximum absolute atomic E-state index is 13.5. The average Bonchev–Trinajstić information content (AvgIpc) is 3.55. The van der Waals surface area contributed by atoms with Crippen LogP contribution in [0.25, 0.3) is 22.2 Å². The highest BCUT2D eigenvalue weighted by atomic mass is 32.2. The van der Waals surface area contributed by atoms with Gasteiger partial charge in [-0.15, -0.1) is 0 Å². The molecule has 2 aromatic heterocycles. The van der Waals surface area contributed by atoms with E-state index in [1.54, 1.807) is 18.9 Å².